The molecule has 2 rings (SSSR count). The van der Waals surface area contributed by atoms with Gasteiger partial charge in [0.25, 0.3) is 0 Å². The van der Waals surface area contributed by atoms with E-state index in [0.29, 0.717) is 11.4 Å². The van der Waals surface area contributed by atoms with E-state index in [1.54, 1.807) is 24.5 Å². The normalized spacial score (nSPS) is 11.2. The van der Waals surface area contributed by atoms with Crippen molar-refractivity contribution in [2.45, 2.75) is 11.4 Å². The summed E-state index contributed by atoms with van der Waals surface area (Å²) in [5, 5.41) is 0. The molecule has 0 saturated heterocycles. The van der Waals surface area contributed by atoms with Crippen LogP contribution >= 0.6 is 0 Å². The minimum absolute atomic E-state index is 0.104. The zero-order valence-electron chi connectivity index (χ0n) is 10.9. The second-order valence-electron chi connectivity index (χ2n) is 4.09. The molecule has 0 fully saturated rings. The van der Waals surface area contributed by atoms with Crippen molar-refractivity contribution in [3.63, 3.8) is 0 Å². The predicted molar refractivity (Wildman–Crippen MR) is 75.7 cm³/mol. The van der Waals surface area contributed by atoms with Gasteiger partial charge < -0.3 is 10.5 Å². The van der Waals surface area contributed by atoms with E-state index >= 15 is 0 Å². The monoisotopic (exact) mass is 293 g/mol. The van der Waals surface area contributed by atoms with Crippen LogP contribution in [0.4, 0.5) is 5.69 Å². The number of pyridine rings is 1. The molecular formula is C13H15N3O3S. The molecule has 0 amide bonds. The highest BCUT2D eigenvalue weighted by molar-refractivity contribution is 7.89. The minimum atomic E-state index is -3.62. The van der Waals surface area contributed by atoms with Gasteiger partial charge in [-0.05, 0) is 23.8 Å². The van der Waals surface area contributed by atoms with Gasteiger partial charge in [-0.1, -0.05) is 6.07 Å². The van der Waals surface area contributed by atoms with Crippen LogP contribution in [-0.4, -0.2) is 20.5 Å². The van der Waals surface area contributed by atoms with Crippen molar-refractivity contribution in [3.8, 4) is 5.75 Å². The summed E-state index contributed by atoms with van der Waals surface area (Å²) in [7, 11) is -2.19. The highest BCUT2D eigenvalue weighted by Crippen LogP contribution is 2.24. The molecule has 0 radical (unpaired) electrons. The molecular weight excluding hydrogens is 278 g/mol. The molecule has 7 heteroatoms. The number of ether oxygens (including phenoxy) is 1. The van der Waals surface area contributed by atoms with Gasteiger partial charge in [-0.3, -0.25) is 4.98 Å². The summed E-state index contributed by atoms with van der Waals surface area (Å²) in [5.41, 5.74) is 6.82. The fraction of sp³-hybridized carbons (Fsp3) is 0.154. The number of rotatable bonds is 5. The van der Waals surface area contributed by atoms with Gasteiger partial charge in [0, 0.05) is 25.0 Å². The van der Waals surface area contributed by atoms with Gasteiger partial charge in [0.05, 0.1) is 17.7 Å². The van der Waals surface area contributed by atoms with Crippen molar-refractivity contribution in [2.75, 3.05) is 12.8 Å². The van der Waals surface area contributed by atoms with Crippen molar-refractivity contribution < 1.29 is 13.2 Å². The fourth-order valence-electron chi connectivity index (χ4n) is 1.62. The highest BCUT2D eigenvalue weighted by atomic mass is 32.2. The molecule has 0 unspecified atom stereocenters. The zero-order chi connectivity index (χ0) is 14.6. The van der Waals surface area contributed by atoms with E-state index in [1.807, 2.05) is 0 Å². The van der Waals surface area contributed by atoms with Crippen molar-refractivity contribution >= 4 is 15.7 Å². The van der Waals surface area contributed by atoms with Crippen LogP contribution in [0.1, 0.15) is 5.56 Å². The number of hydrogen-bond acceptors (Lipinski definition) is 5. The maximum absolute atomic E-state index is 12.2. The summed E-state index contributed by atoms with van der Waals surface area (Å²) >= 11 is 0. The SMILES string of the molecule is COc1cc(S(=O)(=O)NCc2cccnc2)ccc1N. The van der Waals surface area contributed by atoms with Crippen molar-refractivity contribution in [1.82, 2.24) is 9.71 Å². The Morgan fingerprint density at radius 2 is 2.15 bits per heavy atom. The zero-order valence-corrected chi connectivity index (χ0v) is 11.7. The molecule has 0 atom stereocenters. The van der Waals surface area contributed by atoms with Crippen LogP contribution in [0.15, 0.2) is 47.6 Å². The standard InChI is InChI=1S/C13H15N3O3S/c1-19-13-7-11(4-5-12(13)14)20(17,18)16-9-10-3-2-6-15-8-10/h2-8,16H,9,14H2,1H3. The fourth-order valence-corrected chi connectivity index (χ4v) is 2.66. The van der Waals surface area contributed by atoms with Crippen molar-refractivity contribution in [1.29, 1.82) is 0 Å². The van der Waals surface area contributed by atoms with Crippen molar-refractivity contribution in [3.05, 3.63) is 48.3 Å². The van der Waals surface area contributed by atoms with Crippen LogP contribution in [0.3, 0.4) is 0 Å². The maximum atomic E-state index is 12.2. The van der Waals surface area contributed by atoms with Crippen LogP contribution in [0.25, 0.3) is 0 Å². The Morgan fingerprint density at radius 3 is 2.80 bits per heavy atom. The number of nitrogens with two attached hydrogens (primary N) is 1. The molecule has 0 aliphatic rings. The number of nitrogen functional groups attached to an aromatic ring is 1. The number of nitrogens with zero attached hydrogens (tertiary/aromatic N) is 1. The summed E-state index contributed by atoms with van der Waals surface area (Å²) in [4.78, 5) is 4.03. The largest absolute Gasteiger partial charge is 0.495 e. The molecule has 1 aromatic heterocycles. The Hall–Kier alpha value is -2.12. The average molecular weight is 293 g/mol. The first-order valence-corrected chi connectivity index (χ1v) is 7.33. The molecule has 6 nitrogen and oxygen atoms in total. The average Bonchev–Trinajstić information content (AvgIpc) is 2.46. The summed E-state index contributed by atoms with van der Waals surface area (Å²) in [5.74, 6) is 0.328. The van der Waals surface area contributed by atoms with Crippen LogP contribution in [0, 0.1) is 0 Å². The second-order valence-corrected chi connectivity index (χ2v) is 5.86. The van der Waals surface area contributed by atoms with E-state index in [0.717, 1.165) is 5.56 Å². The van der Waals surface area contributed by atoms with E-state index in [2.05, 4.69) is 9.71 Å². The lowest BCUT2D eigenvalue weighted by Crippen LogP contribution is -2.23. The molecule has 106 valence electrons. The number of benzene rings is 1. The van der Waals surface area contributed by atoms with Crippen LogP contribution in [-0.2, 0) is 16.6 Å². The first-order chi connectivity index (χ1) is 9.53. The third-order valence-electron chi connectivity index (χ3n) is 2.70. The highest BCUT2D eigenvalue weighted by Gasteiger charge is 2.15. The Labute approximate surface area is 117 Å². The molecule has 0 bridgehead atoms. The van der Waals surface area contributed by atoms with Crippen LogP contribution in [0.2, 0.25) is 0 Å². The summed E-state index contributed by atoms with van der Waals surface area (Å²) in [6, 6.07) is 7.86. The number of sulfonamides is 1. The summed E-state index contributed by atoms with van der Waals surface area (Å²) in [6.45, 7) is 0.170. The van der Waals surface area contributed by atoms with E-state index in [9.17, 15) is 8.42 Å². The first kappa shape index (κ1) is 14.3. The number of hydrogen-bond donors (Lipinski definition) is 2. The molecule has 20 heavy (non-hydrogen) atoms. The Kier molecular flexibility index (Phi) is 4.21. The quantitative estimate of drug-likeness (QED) is 0.806. The summed E-state index contributed by atoms with van der Waals surface area (Å²) in [6.07, 6.45) is 3.23. The van der Waals surface area contributed by atoms with E-state index < -0.39 is 10.0 Å². The first-order valence-electron chi connectivity index (χ1n) is 5.85. The summed E-state index contributed by atoms with van der Waals surface area (Å²) < 4.78 is 31.8. The number of aromatic nitrogens is 1. The van der Waals surface area contributed by atoms with Gasteiger partial charge in [-0.15, -0.1) is 0 Å². The lowest BCUT2D eigenvalue weighted by atomic mass is 10.3. The molecule has 1 heterocycles. The Morgan fingerprint density at radius 1 is 1.35 bits per heavy atom. The molecule has 0 aliphatic carbocycles. The minimum Gasteiger partial charge on any atom is -0.495 e. The molecule has 2 aromatic rings. The number of methoxy groups -OCH3 is 1. The smallest absolute Gasteiger partial charge is 0.241 e. The predicted octanol–water partition coefficient (Wildman–Crippen LogP) is 1.15. The van der Waals surface area contributed by atoms with Gasteiger partial charge in [0.15, 0.2) is 0 Å². The van der Waals surface area contributed by atoms with Gasteiger partial charge in [-0.25, -0.2) is 13.1 Å². The van der Waals surface area contributed by atoms with Gasteiger partial charge in [0.1, 0.15) is 5.75 Å². The molecule has 1 aromatic carbocycles. The van der Waals surface area contributed by atoms with E-state index in [4.69, 9.17) is 10.5 Å². The van der Waals surface area contributed by atoms with E-state index in [1.165, 1.54) is 25.3 Å². The number of anilines is 1. The van der Waals surface area contributed by atoms with Crippen LogP contribution in [0.5, 0.6) is 5.75 Å². The third-order valence-corrected chi connectivity index (χ3v) is 4.10. The number of nitrogens with one attached hydrogen (secondary N) is 1. The Balaban J connectivity index is 2.18. The van der Waals surface area contributed by atoms with Gasteiger partial charge >= 0.3 is 0 Å². The maximum Gasteiger partial charge on any atom is 0.241 e. The van der Waals surface area contributed by atoms with Gasteiger partial charge in [0.2, 0.25) is 10.0 Å². The second kappa shape index (κ2) is 5.89. The van der Waals surface area contributed by atoms with Crippen molar-refractivity contribution in [2.24, 2.45) is 0 Å². The lowest BCUT2D eigenvalue weighted by Gasteiger charge is -2.09. The third kappa shape index (κ3) is 3.25. The molecule has 0 spiro atoms. The molecule has 3 N–H and O–H groups in total. The molecule has 0 aliphatic heterocycles. The topological polar surface area (TPSA) is 94.3 Å². The van der Waals surface area contributed by atoms with E-state index in [-0.39, 0.29) is 11.4 Å². The lowest BCUT2D eigenvalue weighted by molar-refractivity contribution is 0.415. The Bertz CT molecular complexity index is 687. The molecule has 0 saturated carbocycles. The van der Waals surface area contributed by atoms with Crippen LogP contribution < -0.4 is 15.2 Å². The van der Waals surface area contributed by atoms with Gasteiger partial charge in [-0.2, -0.15) is 0 Å².